The molecule has 1 aliphatic carbocycles. The number of benzene rings is 1. The van der Waals surface area contributed by atoms with E-state index in [-0.39, 0.29) is 18.0 Å². The largest absolute Gasteiger partial charge is 0.383 e. The van der Waals surface area contributed by atoms with Crippen LogP contribution in [0.3, 0.4) is 0 Å². The number of hydrogen-bond acceptors (Lipinski definition) is 5. The molecule has 0 atom stereocenters. The highest BCUT2D eigenvalue weighted by atomic mass is 19.2. The maximum Gasteiger partial charge on any atom is 0.149 e. The number of terminal acetylenes is 1. The van der Waals surface area contributed by atoms with Crippen molar-refractivity contribution in [3.05, 3.63) is 72.0 Å². The highest BCUT2D eigenvalue weighted by molar-refractivity contribution is 6.03. The van der Waals surface area contributed by atoms with Gasteiger partial charge in [0, 0.05) is 24.3 Å². The van der Waals surface area contributed by atoms with E-state index in [0.717, 1.165) is 17.7 Å². The molecule has 1 aromatic carbocycles. The molecule has 0 saturated heterocycles. The van der Waals surface area contributed by atoms with E-state index in [0.29, 0.717) is 11.6 Å². The molecule has 0 amide bonds. The van der Waals surface area contributed by atoms with Crippen LogP contribution in [0.2, 0.25) is 0 Å². The summed E-state index contributed by atoms with van der Waals surface area (Å²) in [5.74, 6) is 7.03. The monoisotopic (exact) mass is 482 g/mol. The van der Waals surface area contributed by atoms with Gasteiger partial charge >= 0.3 is 0 Å². The van der Waals surface area contributed by atoms with Crippen molar-refractivity contribution in [1.29, 1.82) is 0 Å². The zero-order valence-corrected chi connectivity index (χ0v) is 20.7. The van der Waals surface area contributed by atoms with Crippen LogP contribution in [-0.4, -0.2) is 23.4 Å². The molecule has 6 nitrogen and oxygen atoms in total. The number of amidine groups is 1. The van der Waals surface area contributed by atoms with Gasteiger partial charge in [-0.25, -0.2) is 19.6 Å². The molecule has 0 radical (unpaired) electrons. The Balaban J connectivity index is 0.000000778. The van der Waals surface area contributed by atoms with E-state index in [2.05, 4.69) is 45.2 Å². The second-order valence-corrected chi connectivity index (χ2v) is 7.68. The summed E-state index contributed by atoms with van der Waals surface area (Å²) < 4.78 is 25.2. The van der Waals surface area contributed by atoms with Gasteiger partial charge in [-0.15, -0.1) is 12.3 Å². The smallest absolute Gasteiger partial charge is 0.149 e. The van der Waals surface area contributed by atoms with E-state index in [1.807, 2.05) is 38.1 Å². The third kappa shape index (κ3) is 10.5. The van der Waals surface area contributed by atoms with E-state index in [4.69, 9.17) is 11.6 Å². The molecule has 2 aromatic rings. The fourth-order valence-corrected chi connectivity index (χ4v) is 2.91. The van der Waals surface area contributed by atoms with E-state index in [9.17, 15) is 8.78 Å². The molecule has 8 heteroatoms. The molecule has 0 spiro atoms. The molecule has 1 aliphatic rings. The van der Waals surface area contributed by atoms with Gasteiger partial charge in [0.15, 0.2) is 0 Å². The SMILES string of the molecule is C#CC.C/C=C\C.NNC(=NC/C(F)=C/F)c1cc(-c2ccc(CNC3CCC3)cc2)cnc1N. The summed E-state index contributed by atoms with van der Waals surface area (Å²) in [6, 6.07) is 10.5. The summed E-state index contributed by atoms with van der Waals surface area (Å²) in [5, 5.41) is 3.53. The van der Waals surface area contributed by atoms with Crippen LogP contribution in [-0.2, 0) is 6.54 Å². The highest BCUT2D eigenvalue weighted by Gasteiger charge is 2.16. The second-order valence-electron chi connectivity index (χ2n) is 7.68. The molecule has 0 bridgehead atoms. The minimum atomic E-state index is -1.01. The fraction of sp³-hybridized carbons (Fsp3) is 0.333. The molecular formula is C27H36F2N6. The molecule has 1 heterocycles. The number of allylic oxidation sites excluding steroid dienone is 2. The zero-order chi connectivity index (χ0) is 26.1. The van der Waals surface area contributed by atoms with Gasteiger partial charge in [-0.05, 0) is 50.8 Å². The number of hydrogen-bond donors (Lipinski definition) is 4. The standard InChI is InChI=1S/C20H24F2N6.C4H8.C3H4/c21-9-16(22)12-27-20(28-24)18-8-15(11-26-19(18)23)14-6-4-13(5-7-14)10-25-17-2-1-3-17;1-3-4-2;1-3-2/h4-9,11,17,25H,1-3,10,12,24H2,(H2,23,26)(H,27,28);3-4H,1-2H3;1H,2H3/b16-9-;4-3-;. The predicted molar refractivity (Wildman–Crippen MR) is 143 cm³/mol. The summed E-state index contributed by atoms with van der Waals surface area (Å²) in [5.41, 5.74) is 11.7. The minimum Gasteiger partial charge on any atom is -0.383 e. The molecule has 1 aromatic heterocycles. The fourth-order valence-electron chi connectivity index (χ4n) is 2.91. The van der Waals surface area contributed by atoms with Crippen molar-refractivity contribution in [3.8, 4) is 23.5 Å². The lowest BCUT2D eigenvalue weighted by molar-refractivity contribution is 0.338. The Morgan fingerprint density at radius 1 is 1.23 bits per heavy atom. The Bertz CT molecular complexity index is 1010. The van der Waals surface area contributed by atoms with Crippen LogP contribution < -0.4 is 22.3 Å². The maximum atomic E-state index is 13.0. The van der Waals surface area contributed by atoms with Crippen LogP contribution in [0.25, 0.3) is 11.1 Å². The van der Waals surface area contributed by atoms with Gasteiger partial charge in [-0.2, -0.15) is 0 Å². The lowest BCUT2D eigenvalue weighted by atomic mass is 9.93. The predicted octanol–water partition coefficient (Wildman–Crippen LogP) is 5.19. The number of aliphatic imine (C=N–C) groups is 1. The first-order valence-electron chi connectivity index (χ1n) is 11.4. The molecule has 1 fully saturated rings. The number of nitrogens with two attached hydrogens (primary N) is 2. The van der Waals surface area contributed by atoms with Crippen LogP contribution in [0.1, 0.15) is 51.2 Å². The van der Waals surface area contributed by atoms with E-state index in [1.165, 1.54) is 24.8 Å². The van der Waals surface area contributed by atoms with Gasteiger partial charge in [-0.3, -0.25) is 4.99 Å². The van der Waals surface area contributed by atoms with Crippen LogP contribution >= 0.6 is 0 Å². The number of halogens is 2. The number of nitrogen functional groups attached to an aromatic ring is 1. The quantitative estimate of drug-likeness (QED) is 0.109. The Morgan fingerprint density at radius 3 is 2.34 bits per heavy atom. The van der Waals surface area contributed by atoms with Gasteiger partial charge < -0.3 is 16.5 Å². The number of rotatable bonds is 7. The van der Waals surface area contributed by atoms with Crippen molar-refractivity contribution in [2.24, 2.45) is 10.8 Å². The van der Waals surface area contributed by atoms with E-state index in [1.54, 1.807) is 19.2 Å². The number of nitrogens with one attached hydrogen (secondary N) is 2. The number of nitrogens with zero attached hydrogens (tertiary/aromatic N) is 2. The van der Waals surface area contributed by atoms with Crippen molar-refractivity contribution in [1.82, 2.24) is 15.7 Å². The van der Waals surface area contributed by atoms with Crippen molar-refractivity contribution in [3.63, 3.8) is 0 Å². The molecule has 6 N–H and O–H groups in total. The normalized spacial score (nSPS) is 13.6. The molecular weight excluding hydrogens is 446 g/mol. The highest BCUT2D eigenvalue weighted by Crippen LogP contribution is 2.23. The van der Waals surface area contributed by atoms with Crippen molar-refractivity contribution in [2.45, 2.75) is 52.6 Å². The topological polar surface area (TPSA) is 101 Å². The van der Waals surface area contributed by atoms with Crippen LogP contribution in [0.4, 0.5) is 14.6 Å². The van der Waals surface area contributed by atoms with Gasteiger partial charge in [0.25, 0.3) is 0 Å². The Morgan fingerprint density at radius 2 is 1.86 bits per heavy atom. The second kappa shape index (κ2) is 17.0. The number of aromatic nitrogens is 1. The van der Waals surface area contributed by atoms with Gasteiger partial charge in [0.1, 0.15) is 23.8 Å². The third-order valence-electron chi connectivity index (χ3n) is 5.14. The zero-order valence-electron chi connectivity index (χ0n) is 20.7. The Kier molecular flexibility index (Phi) is 14.3. The first kappa shape index (κ1) is 29.5. The molecule has 188 valence electrons. The van der Waals surface area contributed by atoms with Gasteiger partial charge in [0.2, 0.25) is 0 Å². The number of anilines is 1. The molecule has 0 aliphatic heterocycles. The molecule has 1 saturated carbocycles. The van der Waals surface area contributed by atoms with Crippen LogP contribution in [0, 0.1) is 12.3 Å². The van der Waals surface area contributed by atoms with Crippen molar-refractivity contribution < 1.29 is 8.78 Å². The third-order valence-corrected chi connectivity index (χ3v) is 5.14. The molecule has 35 heavy (non-hydrogen) atoms. The summed E-state index contributed by atoms with van der Waals surface area (Å²) >= 11 is 0. The van der Waals surface area contributed by atoms with Crippen molar-refractivity contribution in [2.75, 3.05) is 12.3 Å². The summed E-state index contributed by atoms with van der Waals surface area (Å²) in [6.07, 6.45) is 13.9. The summed E-state index contributed by atoms with van der Waals surface area (Å²) in [4.78, 5) is 8.10. The Hall–Kier alpha value is -3.54. The van der Waals surface area contributed by atoms with Crippen LogP contribution in [0.5, 0.6) is 0 Å². The van der Waals surface area contributed by atoms with Crippen molar-refractivity contribution >= 4 is 11.7 Å². The lowest BCUT2D eigenvalue weighted by Crippen LogP contribution is -2.34. The minimum absolute atomic E-state index is 0.130. The maximum absolute atomic E-state index is 13.0. The Labute approximate surface area is 207 Å². The first-order chi connectivity index (χ1) is 16.9. The number of hydrazine groups is 1. The first-order valence-corrected chi connectivity index (χ1v) is 11.4. The summed E-state index contributed by atoms with van der Waals surface area (Å²) in [7, 11) is 0. The summed E-state index contributed by atoms with van der Waals surface area (Å²) in [6.45, 7) is 6.01. The molecule has 3 rings (SSSR count). The van der Waals surface area contributed by atoms with E-state index < -0.39 is 12.4 Å². The average molecular weight is 483 g/mol. The molecule has 0 unspecified atom stereocenters. The number of pyridine rings is 1. The van der Waals surface area contributed by atoms with E-state index >= 15 is 0 Å². The van der Waals surface area contributed by atoms with Crippen LogP contribution in [0.15, 0.2) is 65.8 Å². The van der Waals surface area contributed by atoms with Gasteiger partial charge in [0.05, 0.1) is 12.1 Å². The van der Waals surface area contributed by atoms with Gasteiger partial charge in [-0.1, -0.05) is 42.8 Å². The lowest BCUT2D eigenvalue weighted by Gasteiger charge is -2.26. The average Bonchev–Trinajstić information content (AvgIpc) is 2.85.